The average Bonchev–Trinajstić information content (AvgIpc) is 3.01. The van der Waals surface area contributed by atoms with E-state index in [1.807, 2.05) is 0 Å². The lowest BCUT2D eigenvalue weighted by molar-refractivity contribution is -0.870. The van der Waals surface area contributed by atoms with Gasteiger partial charge in [-0.15, -0.1) is 0 Å². The van der Waals surface area contributed by atoms with Gasteiger partial charge in [-0.2, -0.15) is 0 Å². The summed E-state index contributed by atoms with van der Waals surface area (Å²) in [6.45, 7) is 3.64. The van der Waals surface area contributed by atoms with Crippen molar-refractivity contribution >= 4 is 0 Å². The molecule has 0 amide bonds. The number of rotatable bonds is 40. The number of hydrogen-bond acceptors (Lipinski definition) is 0. The Morgan fingerprint density at radius 1 is 0.217 bits per heavy atom. The summed E-state index contributed by atoms with van der Waals surface area (Å²) in [5, 5.41) is 0. The Labute approximate surface area is 301 Å². The van der Waals surface area contributed by atoms with Crippen LogP contribution >= 0.6 is 0 Å². The van der Waals surface area contributed by atoms with Gasteiger partial charge < -0.3 is 16.9 Å². The largest absolute Gasteiger partial charge is 1.00 e. The molecule has 1 nitrogen and oxygen atoms in total. The van der Waals surface area contributed by atoms with Gasteiger partial charge in [-0.1, -0.05) is 244 Å². The van der Waals surface area contributed by atoms with Crippen LogP contribution in [0.4, 0.5) is 0 Å². The molecule has 280 valence electrons. The lowest BCUT2D eigenvalue weighted by atomic mass is 10.0. The molecule has 46 heavy (non-hydrogen) atoms. The van der Waals surface area contributed by atoms with Gasteiger partial charge in [0.05, 0.1) is 27.7 Å². The van der Waals surface area contributed by atoms with Gasteiger partial charge >= 0.3 is 0 Å². The molecule has 0 saturated heterocycles. The Hall–Kier alpha value is 0.250. The molecule has 2 heteroatoms. The molecular formula is C44H92ClN. The second-order valence-corrected chi connectivity index (χ2v) is 16.4. The Balaban J connectivity index is 0. The van der Waals surface area contributed by atoms with Crippen LogP contribution in [0.1, 0.15) is 257 Å². The van der Waals surface area contributed by atoms with Crippen molar-refractivity contribution in [2.75, 3.05) is 27.7 Å². The van der Waals surface area contributed by atoms with E-state index in [2.05, 4.69) is 28.1 Å². The quantitative estimate of drug-likeness (QED) is 0.0450. The predicted octanol–water partition coefficient (Wildman–Crippen LogP) is 12.9. The van der Waals surface area contributed by atoms with E-state index in [9.17, 15) is 0 Å². The summed E-state index contributed by atoms with van der Waals surface area (Å²) in [7, 11) is 6.93. The molecule has 0 aliphatic carbocycles. The number of quaternary nitrogens is 1. The molecule has 0 unspecified atom stereocenters. The fourth-order valence-corrected chi connectivity index (χ4v) is 7.20. The molecule has 0 atom stereocenters. The predicted molar refractivity (Wildman–Crippen MR) is 209 cm³/mol. The summed E-state index contributed by atoms with van der Waals surface area (Å²) in [5.74, 6) is 0. The van der Waals surface area contributed by atoms with Crippen molar-refractivity contribution in [3.05, 3.63) is 0 Å². The summed E-state index contributed by atoms with van der Waals surface area (Å²) < 4.78 is 1.12. The van der Waals surface area contributed by atoms with Crippen LogP contribution < -0.4 is 12.4 Å². The molecule has 0 aromatic rings. The Morgan fingerprint density at radius 2 is 0.348 bits per heavy atom. The van der Waals surface area contributed by atoms with Gasteiger partial charge in [0.25, 0.3) is 0 Å². The highest BCUT2D eigenvalue weighted by Crippen LogP contribution is 2.17. The first kappa shape index (κ1) is 48.4. The van der Waals surface area contributed by atoms with Gasteiger partial charge in [0.1, 0.15) is 0 Å². The monoisotopic (exact) mass is 670 g/mol. The smallest absolute Gasteiger partial charge is 0.0780 e. The molecule has 0 saturated carbocycles. The molecule has 0 aromatic carbocycles. The highest BCUT2D eigenvalue weighted by molar-refractivity contribution is 4.53. The summed E-state index contributed by atoms with van der Waals surface area (Å²) in [6.07, 6.45) is 57.8. The summed E-state index contributed by atoms with van der Waals surface area (Å²) >= 11 is 0. The zero-order valence-corrected chi connectivity index (χ0v) is 33.9. The second-order valence-electron chi connectivity index (χ2n) is 16.4. The molecular weight excluding hydrogens is 578 g/mol. The number of halogens is 1. The first-order valence-corrected chi connectivity index (χ1v) is 21.9. The maximum atomic E-state index is 2.31. The highest BCUT2D eigenvalue weighted by Gasteiger charge is 2.05. The number of nitrogens with zero attached hydrogens (tertiary/aromatic N) is 1. The topological polar surface area (TPSA) is 0 Å². The Kier molecular flexibility index (Phi) is 43.5. The van der Waals surface area contributed by atoms with E-state index < -0.39 is 0 Å². The van der Waals surface area contributed by atoms with E-state index in [0.717, 1.165) is 4.48 Å². The van der Waals surface area contributed by atoms with Crippen molar-refractivity contribution in [2.24, 2.45) is 0 Å². The minimum atomic E-state index is 0. The van der Waals surface area contributed by atoms with Crippen LogP contribution in [0.2, 0.25) is 0 Å². The third kappa shape index (κ3) is 46.4. The zero-order chi connectivity index (χ0) is 32.8. The standard InChI is InChI=1S/C44H92N.ClH/c1-5-6-7-8-9-10-11-12-13-14-15-16-17-18-19-20-21-22-23-24-25-26-27-28-29-30-31-32-33-34-35-36-37-38-39-40-41-42-43-44-45(2,3)4;/h5-44H2,1-4H3;1H/q+1;/p-1. The van der Waals surface area contributed by atoms with E-state index in [1.54, 1.807) is 0 Å². The maximum absolute atomic E-state index is 2.31. The van der Waals surface area contributed by atoms with Crippen molar-refractivity contribution in [3.63, 3.8) is 0 Å². The molecule has 0 radical (unpaired) electrons. The molecule has 0 bridgehead atoms. The third-order valence-electron chi connectivity index (χ3n) is 10.4. The summed E-state index contributed by atoms with van der Waals surface area (Å²) in [6, 6.07) is 0. The van der Waals surface area contributed by atoms with E-state index in [1.165, 1.54) is 257 Å². The Bertz CT molecular complexity index is 513. The fraction of sp³-hybridized carbons (Fsp3) is 1.00. The van der Waals surface area contributed by atoms with Crippen LogP contribution in [0.5, 0.6) is 0 Å². The first-order valence-electron chi connectivity index (χ1n) is 21.9. The van der Waals surface area contributed by atoms with Crippen molar-refractivity contribution in [1.29, 1.82) is 0 Å². The van der Waals surface area contributed by atoms with Crippen molar-refractivity contribution < 1.29 is 16.9 Å². The van der Waals surface area contributed by atoms with Crippen LogP contribution in [0.25, 0.3) is 0 Å². The van der Waals surface area contributed by atoms with Crippen molar-refractivity contribution in [1.82, 2.24) is 0 Å². The number of unbranched alkanes of at least 4 members (excludes halogenated alkanes) is 38. The van der Waals surface area contributed by atoms with Gasteiger partial charge in [-0.25, -0.2) is 0 Å². The van der Waals surface area contributed by atoms with Gasteiger partial charge in [-0.3, -0.25) is 0 Å². The lowest BCUT2D eigenvalue weighted by Gasteiger charge is -2.23. The fourth-order valence-electron chi connectivity index (χ4n) is 7.20. The van der Waals surface area contributed by atoms with Crippen LogP contribution in [-0.4, -0.2) is 32.2 Å². The number of hydrogen-bond donors (Lipinski definition) is 0. The average molecular weight is 671 g/mol. The molecule has 0 heterocycles. The third-order valence-corrected chi connectivity index (χ3v) is 10.4. The molecule has 0 aliphatic rings. The first-order chi connectivity index (χ1) is 22.1. The normalized spacial score (nSPS) is 11.7. The molecule has 0 aromatic heterocycles. The minimum absolute atomic E-state index is 0. The van der Waals surface area contributed by atoms with Crippen LogP contribution in [0.3, 0.4) is 0 Å². The van der Waals surface area contributed by atoms with E-state index >= 15 is 0 Å². The van der Waals surface area contributed by atoms with E-state index in [-0.39, 0.29) is 12.4 Å². The maximum Gasteiger partial charge on any atom is 0.0780 e. The molecule has 0 aliphatic heterocycles. The zero-order valence-electron chi connectivity index (χ0n) is 33.1. The Morgan fingerprint density at radius 3 is 0.478 bits per heavy atom. The van der Waals surface area contributed by atoms with Gasteiger partial charge in [0, 0.05) is 0 Å². The second kappa shape index (κ2) is 41.4. The van der Waals surface area contributed by atoms with Gasteiger partial charge in [-0.05, 0) is 12.8 Å². The molecule has 0 fully saturated rings. The van der Waals surface area contributed by atoms with Crippen molar-refractivity contribution in [2.45, 2.75) is 257 Å². The van der Waals surface area contributed by atoms with Crippen LogP contribution in [-0.2, 0) is 0 Å². The highest BCUT2D eigenvalue weighted by atomic mass is 35.5. The minimum Gasteiger partial charge on any atom is -1.00 e. The van der Waals surface area contributed by atoms with Crippen LogP contribution in [0.15, 0.2) is 0 Å². The van der Waals surface area contributed by atoms with E-state index in [4.69, 9.17) is 0 Å². The van der Waals surface area contributed by atoms with Gasteiger partial charge in [0.15, 0.2) is 0 Å². The van der Waals surface area contributed by atoms with Crippen LogP contribution in [0, 0.1) is 0 Å². The van der Waals surface area contributed by atoms with Gasteiger partial charge in [0.2, 0.25) is 0 Å². The summed E-state index contributed by atoms with van der Waals surface area (Å²) in [4.78, 5) is 0. The molecule has 0 spiro atoms. The molecule has 0 N–H and O–H groups in total. The summed E-state index contributed by atoms with van der Waals surface area (Å²) in [5.41, 5.74) is 0. The molecule has 0 rings (SSSR count). The lowest BCUT2D eigenvalue weighted by Crippen LogP contribution is -3.00. The van der Waals surface area contributed by atoms with Crippen molar-refractivity contribution in [3.8, 4) is 0 Å². The van der Waals surface area contributed by atoms with E-state index in [0.29, 0.717) is 0 Å². The SMILES string of the molecule is CCCCCCCCCCCCCCCCCCCCCCCCCCCCCCCCCCCCCCCCC[N+](C)(C)C.[Cl-].